The molecule has 0 bridgehead atoms. The lowest BCUT2D eigenvalue weighted by Gasteiger charge is -2.44. The second kappa shape index (κ2) is 15.0. The van der Waals surface area contributed by atoms with Gasteiger partial charge in [-0.15, -0.1) is 0 Å². The fourth-order valence-corrected chi connectivity index (χ4v) is 13.9. The lowest BCUT2D eigenvalue weighted by atomic mass is 9.57. The molecule has 0 saturated heterocycles. The molecule has 363 valence electrons. The summed E-state index contributed by atoms with van der Waals surface area (Å²) in [4.78, 5) is 2.62. The van der Waals surface area contributed by atoms with Gasteiger partial charge >= 0.3 is 0 Å². The summed E-state index contributed by atoms with van der Waals surface area (Å²) >= 11 is 0. The Bertz CT molecular complexity index is 3790. The van der Waals surface area contributed by atoms with Gasteiger partial charge in [0, 0.05) is 50.0 Å². The van der Waals surface area contributed by atoms with Crippen molar-refractivity contribution in [1.82, 2.24) is 0 Å². The highest BCUT2D eigenvalue weighted by Gasteiger charge is 2.43. The molecule has 1 N–H and O–H groups in total. The van der Waals surface area contributed by atoms with Crippen molar-refractivity contribution in [3.8, 4) is 11.1 Å². The first-order valence-corrected chi connectivity index (χ1v) is 26.9. The number of benzene rings is 7. The van der Waals surface area contributed by atoms with E-state index in [-0.39, 0.29) is 32.5 Å². The van der Waals surface area contributed by atoms with Crippen molar-refractivity contribution in [3.05, 3.63) is 148 Å². The molecule has 2 aromatic heterocycles. The summed E-state index contributed by atoms with van der Waals surface area (Å²) in [5, 5.41) is 8.68. The summed E-state index contributed by atoms with van der Waals surface area (Å²) in [6.07, 6.45) is 6.91. The average molecular weight is 946 g/mol. The highest BCUT2D eigenvalue weighted by molar-refractivity contribution is 6.74. The molecule has 13 rings (SSSR count). The highest BCUT2D eigenvalue weighted by Crippen LogP contribution is 2.55. The second-order valence-corrected chi connectivity index (χ2v) is 26.4. The molecule has 5 heteroatoms. The van der Waals surface area contributed by atoms with Gasteiger partial charge in [0.2, 0.25) is 0 Å². The molecule has 9 aromatic rings. The second-order valence-electron chi connectivity index (χ2n) is 26.4. The quantitative estimate of drug-likeness (QED) is 0.179. The maximum atomic E-state index is 7.28. The average Bonchev–Trinajstić information content (AvgIpc) is 3.91. The molecule has 1 aliphatic heterocycles. The Morgan fingerprint density at radius 1 is 0.472 bits per heavy atom. The number of anilines is 5. The number of nitrogens with one attached hydrogen (secondary N) is 1. The highest BCUT2D eigenvalue weighted by atomic mass is 16.3. The van der Waals surface area contributed by atoms with Gasteiger partial charge in [0.05, 0.1) is 11.1 Å². The molecule has 4 aliphatic rings. The minimum Gasteiger partial charge on any atom is -0.456 e. The number of fused-ring (bicyclic) bond motifs is 12. The van der Waals surface area contributed by atoms with E-state index in [1.807, 2.05) is 0 Å². The molecular weight excluding hydrogens is 876 g/mol. The van der Waals surface area contributed by atoms with Crippen molar-refractivity contribution in [2.75, 3.05) is 10.2 Å². The normalized spacial score (nSPS) is 19.6. The molecule has 0 atom stereocenters. The zero-order valence-electron chi connectivity index (χ0n) is 45.0. The van der Waals surface area contributed by atoms with Crippen LogP contribution in [-0.2, 0) is 32.5 Å². The Kier molecular flexibility index (Phi) is 9.48. The van der Waals surface area contributed by atoms with Crippen molar-refractivity contribution >= 4 is 90.5 Å². The molecule has 72 heavy (non-hydrogen) atoms. The van der Waals surface area contributed by atoms with Crippen LogP contribution in [0.2, 0.25) is 0 Å². The third-order valence-corrected chi connectivity index (χ3v) is 18.8. The number of nitrogens with zero attached hydrogens (tertiary/aromatic N) is 1. The van der Waals surface area contributed by atoms with Crippen LogP contribution in [0.5, 0.6) is 0 Å². The number of hydrogen-bond acceptors (Lipinski definition) is 4. The van der Waals surface area contributed by atoms with Gasteiger partial charge in [-0.25, -0.2) is 0 Å². The summed E-state index contributed by atoms with van der Waals surface area (Å²) in [6.45, 7) is 31.6. The van der Waals surface area contributed by atoms with Gasteiger partial charge in [-0.3, -0.25) is 0 Å². The number of para-hydroxylation sites is 2. The van der Waals surface area contributed by atoms with E-state index in [0.717, 1.165) is 114 Å². The Morgan fingerprint density at radius 3 is 1.67 bits per heavy atom. The molecule has 7 aromatic carbocycles. The molecule has 0 fully saturated rings. The summed E-state index contributed by atoms with van der Waals surface area (Å²) in [6, 6.07) is 41.6. The van der Waals surface area contributed by atoms with Crippen LogP contribution in [0.25, 0.3) is 55.0 Å². The molecule has 0 spiro atoms. The smallest absolute Gasteiger partial charge is 0.198 e. The minimum absolute atomic E-state index is 0.000593. The monoisotopic (exact) mass is 946 g/mol. The van der Waals surface area contributed by atoms with Crippen LogP contribution in [0.15, 0.2) is 118 Å². The Morgan fingerprint density at radius 2 is 1.01 bits per heavy atom. The van der Waals surface area contributed by atoms with Crippen LogP contribution in [-0.4, -0.2) is 7.28 Å². The van der Waals surface area contributed by atoms with Crippen molar-refractivity contribution in [1.29, 1.82) is 0 Å². The molecule has 0 unspecified atom stereocenters. The van der Waals surface area contributed by atoms with E-state index in [0.29, 0.717) is 0 Å². The fraction of sp³-hybridized carbons (Fsp3) is 0.373. The minimum atomic E-state index is -0.0293. The number of hydrogen-bond donors (Lipinski definition) is 1. The molecule has 3 aliphatic carbocycles. The molecule has 4 nitrogen and oxygen atoms in total. The van der Waals surface area contributed by atoms with Gasteiger partial charge < -0.3 is 19.1 Å². The predicted octanol–water partition coefficient (Wildman–Crippen LogP) is 17.7. The lowest BCUT2D eigenvalue weighted by molar-refractivity contribution is 0.332. The Balaban J connectivity index is 1.15. The standard InChI is InChI=1S/C67H70BN2O2/c1-38-32-45-49(67(12,13)31-28-63(45,4)5)37-52(38)70-53-35-42-40-18-14-16-20-54(40)72-61(42)58(59(53)68-50-24-25-56-57(60(50)70)41-19-15-17-21-55(41)71-56)43-34-47-48(66(10,11)30-29-65(47,8)9)36-51(43)69-39-22-23-44-46(33-39)64(6,7)27-26-62(44,2)3/h14-25,32-37,69H,26-31H2,1-13H3. The van der Waals surface area contributed by atoms with Gasteiger partial charge in [0.25, 0.3) is 0 Å². The molecule has 1 radical (unpaired) electrons. The summed E-state index contributed by atoms with van der Waals surface area (Å²) in [5.41, 5.74) is 24.1. The van der Waals surface area contributed by atoms with Crippen LogP contribution < -0.4 is 21.1 Å². The lowest BCUT2D eigenvalue weighted by Crippen LogP contribution is -2.42. The van der Waals surface area contributed by atoms with Gasteiger partial charge in [0.1, 0.15) is 22.3 Å². The maximum Gasteiger partial charge on any atom is 0.198 e. The first-order valence-electron chi connectivity index (χ1n) is 26.9. The van der Waals surface area contributed by atoms with E-state index in [9.17, 15) is 0 Å². The van der Waals surface area contributed by atoms with E-state index >= 15 is 0 Å². The molecule has 3 heterocycles. The largest absolute Gasteiger partial charge is 0.456 e. The third-order valence-electron chi connectivity index (χ3n) is 18.8. The van der Waals surface area contributed by atoms with E-state index in [2.05, 4.69) is 217 Å². The van der Waals surface area contributed by atoms with Crippen LogP contribution in [0.1, 0.15) is 161 Å². The number of furan rings is 2. The van der Waals surface area contributed by atoms with E-state index in [4.69, 9.17) is 8.83 Å². The number of aryl methyl sites for hydroxylation is 1. The van der Waals surface area contributed by atoms with Crippen molar-refractivity contribution in [2.24, 2.45) is 0 Å². The summed E-state index contributed by atoms with van der Waals surface area (Å²) < 4.78 is 14.0. The summed E-state index contributed by atoms with van der Waals surface area (Å²) in [5.74, 6) is 0. The molecule has 0 saturated carbocycles. The van der Waals surface area contributed by atoms with Crippen LogP contribution in [0.3, 0.4) is 0 Å². The zero-order chi connectivity index (χ0) is 50.2. The maximum absolute atomic E-state index is 7.28. The van der Waals surface area contributed by atoms with Gasteiger partial charge in [-0.1, -0.05) is 143 Å². The Labute approximate surface area is 427 Å². The number of rotatable bonds is 4. The van der Waals surface area contributed by atoms with Crippen LogP contribution in [0.4, 0.5) is 28.4 Å². The van der Waals surface area contributed by atoms with Crippen LogP contribution in [0, 0.1) is 6.92 Å². The van der Waals surface area contributed by atoms with Crippen molar-refractivity contribution < 1.29 is 8.83 Å². The van der Waals surface area contributed by atoms with Crippen LogP contribution >= 0.6 is 0 Å². The topological polar surface area (TPSA) is 41.6 Å². The van der Waals surface area contributed by atoms with Crippen molar-refractivity contribution in [2.45, 2.75) is 161 Å². The van der Waals surface area contributed by atoms with E-state index in [1.165, 1.54) is 57.5 Å². The van der Waals surface area contributed by atoms with Gasteiger partial charge in [-0.2, -0.15) is 0 Å². The Hall–Kier alpha value is -6.20. The zero-order valence-corrected chi connectivity index (χ0v) is 45.0. The third kappa shape index (κ3) is 6.63. The SMILES string of the molecule is Cc1cc2c(cc1N1c3cc4c(oc5ccccc54)c(-c4cc5c(cc4Nc4ccc6c(c4)C(C)(C)CCC6(C)C)C(C)(C)CCC5(C)C)c3[B]c3ccc4oc5ccccc5c4c31)C(C)(C)CCC2(C)C. The molecule has 0 amide bonds. The first-order chi connectivity index (χ1) is 34.0. The van der Waals surface area contributed by atoms with E-state index in [1.54, 1.807) is 0 Å². The van der Waals surface area contributed by atoms with Gasteiger partial charge in [0.15, 0.2) is 7.28 Å². The van der Waals surface area contributed by atoms with Gasteiger partial charge in [-0.05, 0) is 177 Å². The molecular formula is C67H70BN2O2. The first kappa shape index (κ1) is 45.7. The van der Waals surface area contributed by atoms with E-state index < -0.39 is 0 Å². The predicted molar refractivity (Wildman–Crippen MR) is 306 cm³/mol. The fourth-order valence-electron chi connectivity index (χ4n) is 13.9. The van der Waals surface area contributed by atoms with Crippen molar-refractivity contribution in [3.63, 3.8) is 0 Å². The summed E-state index contributed by atoms with van der Waals surface area (Å²) in [7, 11) is 2.47.